The molecule has 2 amide bonds. The molecule has 364 valence electrons. The number of carbonyl (C=O) groups is 2. The summed E-state index contributed by atoms with van der Waals surface area (Å²) in [4.78, 5) is 37.8. The van der Waals surface area contributed by atoms with Gasteiger partial charge in [0.1, 0.15) is 24.6 Å². The highest BCUT2D eigenvalue weighted by atomic mass is 19.1. The van der Waals surface area contributed by atoms with Crippen LogP contribution in [0.4, 0.5) is 18.4 Å². The van der Waals surface area contributed by atoms with E-state index in [-0.39, 0.29) is 43.6 Å². The van der Waals surface area contributed by atoms with Crippen molar-refractivity contribution in [3.05, 3.63) is 71.8 Å². The summed E-state index contributed by atoms with van der Waals surface area (Å²) in [7, 11) is 7.99. The highest BCUT2D eigenvalue weighted by Gasteiger charge is 2.31. The standard InChI is InChI=1S/C20H26N2O.C11H21FN2O2.C11H22N2O3.C6H13FN2/c1-21-12-13-22(14-18-8-4-2-5-9-18)15-20(21)17-23-16-19-10-6-3-7-11-19;1-11(2,3)16-10(15)14-6-5-13(4)9(7-12)8-14;1-11(2,3)16-10(15)13-6-5-12(4)9(7-13)8-14;1-9-3-2-8-5-6(9)4-7/h2-11,20H,12-17H2,1H3;9H,5-8H2,1-4H3;9,14H,5-8H2,1-4H3;6,8H,2-5H2,1H3/t20-;2*9-;6-/m0101/s1. The van der Waals surface area contributed by atoms with E-state index in [2.05, 4.69) is 86.6 Å². The van der Waals surface area contributed by atoms with Crippen molar-refractivity contribution in [3.8, 4) is 0 Å². The van der Waals surface area contributed by atoms with Crippen LogP contribution < -0.4 is 5.32 Å². The first-order valence-electron chi connectivity index (χ1n) is 22.9. The normalized spacial score (nSPS) is 23.1. The second-order valence-electron chi connectivity index (χ2n) is 19.3. The van der Waals surface area contributed by atoms with Crippen molar-refractivity contribution in [2.75, 3.05) is 133 Å². The van der Waals surface area contributed by atoms with Crippen molar-refractivity contribution in [1.82, 2.24) is 39.6 Å². The summed E-state index contributed by atoms with van der Waals surface area (Å²) in [5.74, 6) is 0. The lowest BCUT2D eigenvalue weighted by Gasteiger charge is -2.39. The van der Waals surface area contributed by atoms with Gasteiger partial charge in [-0.15, -0.1) is 0 Å². The van der Waals surface area contributed by atoms with Gasteiger partial charge in [-0.3, -0.25) is 24.5 Å². The summed E-state index contributed by atoms with van der Waals surface area (Å²) in [5, 5.41) is 12.3. The summed E-state index contributed by atoms with van der Waals surface area (Å²) < 4.78 is 41.2. The van der Waals surface area contributed by atoms with E-state index in [0.717, 1.165) is 59.0 Å². The number of likely N-dealkylation sites (N-methyl/N-ethyl adjacent to an activating group) is 4. The number of rotatable bonds is 9. The van der Waals surface area contributed by atoms with Gasteiger partial charge >= 0.3 is 12.2 Å². The molecule has 14 nitrogen and oxygen atoms in total. The summed E-state index contributed by atoms with van der Waals surface area (Å²) in [6.45, 7) is 22.7. The molecule has 0 radical (unpaired) electrons. The average Bonchev–Trinajstić information content (AvgIpc) is 3.25. The molecular weight excluding hydrogens is 823 g/mol. The van der Waals surface area contributed by atoms with Crippen molar-refractivity contribution < 1.29 is 37.7 Å². The first-order valence-corrected chi connectivity index (χ1v) is 22.9. The molecule has 4 aliphatic rings. The van der Waals surface area contributed by atoms with E-state index < -0.39 is 17.9 Å². The Morgan fingerprint density at radius 2 is 1.09 bits per heavy atom. The molecule has 64 heavy (non-hydrogen) atoms. The van der Waals surface area contributed by atoms with Crippen molar-refractivity contribution >= 4 is 12.2 Å². The maximum absolute atomic E-state index is 12.7. The number of nitrogens with zero attached hydrogens (tertiary/aromatic N) is 7. The lowest BCUT2D eigenvalue weighted by molar-refractivity contribution is 0.000875. The Morgan fingerprint density at radius 3 is 1.58 bits per heavy atom. The number of hydrogen-bond donors (Lipinski definition) is 2. The van der Waals surface area contributed by atoms with E-state index in [1.165, 1.54) is 11.1 Å². The molecule has 4 heterocycles. The van der Waals surface area contributed by atoms with Crippen molar-refractivity contribution in [2.45, 2.75) is 90.1 Å². The molecule has 0 unspecified atom stereocenters. The number of benzene rings is 2. The van der Waals surface area contributed by atoms with Gasteiger partial charge in [0.2, 0.25) is 0 Å². The Kier molecular flexibility index (Phi) is 23.9. The molecule has 2 aromatic rings. The molecule has 4 fully saturated rings. The zero-order valence-corrected chi connectivity index (χ0v) is 40.7. The minimum atomic E-state index is -0.494. The third-order valence-corrected chi connectivity index (χ3v) is 11.6. The summed E-state index contributed by atoms with van der Waals surface area (Å²) >= 11 is 0. The number of piperazine rings is 4. The number of aliphatic hydroxyl groups excluding tert-OH is 1. The predicted octanol–water partition coefficient (Wildman–Crippen LogP) is 4.92. The first kappa shape index (κ1) is 54.9. The Morgan fingerprint density at radius 1 is 0.625 bits per heavy atom. The fraction of sp³-hybridized carbons (Fsp3) is 0.708. The molecule has 4 atom stereocenters. The second kappa shape index (κ2) is 27.9. The molecule has 16 heteroatoms. The largest absolute Gasteiger partial charge is 0.444 e. The molecule has 6 rings (SSSR count). The number of aliphatic hydroxyl groups is 1. The van der Waals surface area contributed by atoms with Gasteiger partial charge in [0.05, 0.1) is 37.9 Å². The van der Waals surface area contributed by atoms with E-state index in [1.807, 2.05) is 73.7 Å². The van der Waals surface area contributed by atoms with Crippen molar-refractivity contribution in [2.24, 2.45) is 0 Å². The van der Waals surface area contributed by atoms with Crippen molar-refractivity contribution in [3.63, 3.8) is 0 Å². The van der Waals surface area contributed by atoms with Crippen LogP contribution in [-0.2, 0) is 27.4 Å². The number of halogens is 2. The number of carbonyl (C=O) groups excluding carboxylic acids is 2. The van der Waals surface area contributed by atoms with Crippen LogP contribution in [-0.4, -0.2) is 220 Å². The van der Waals surface area contributed by atoms with E-state index in [9.17, 15) is 23.5 Å². The van der Waals surface area contributed by atoms with Crippen LogP contribution in [0, 0.1) is 0 Å². The maximum Gasteiger partial charge on any atom is 0.410 e. The number of hydrogen-bond acceptors (Lipinski definition) is 12. The third kappa shape index (κ3) is 20.8. The minimum Gasteiger partial charge on any atom is -0.444 e. The van der Waals surface area contributed by atoms with E-state index in [0.29, 0.717) is 45.4 Å². The fourth-order valence-electron chi connectivity index (χ4n) is 7.34. The summed E-state index contributed by atoms with van der Waals surface area (Å²) in [6.07, 6.45) is -0.641. The van der Waals surface area contributed by atoms with Gasteiger partial charge in [0, 0.05) is 91.1 Å². The lowest BCUT2D eigenvalue weighted by atomic mass is 10.1. The van der Waals surface area contributed by atoms with Crippen molar-refractivity contribution in [1.29, 1.82) is 0 Å². The zero-order valence-electron chi connectivity index (χ0n) is 40.7. The maximum atomic E-state index is 12.7. The molecule has 4 aliphatic heterocycles. The zero-order chi connectivity index (χ0) is 47.3. The van der Waals surface area contributed by atoms with Gasteiger partial charge in [-0.05, 0) is 80.9 Å². The molecule has 4 saturated heterocycles. The Balaban J connectivity index is 0.000000238. The molecule has 2 aromatic carbocycles. The highest BCUT2D eigenvalue weighted by molar-refractivity contribution is 5.68. The van der Waals surface area contributed by atoms with Crippen LogP contribution in [0.5, 0.6) is 0 Å². The van der Waals surface area contributed by atoms with E-state index in [4.69, 9.17) is 14.2 Å². The molecule has 0 saturated carbocycles. The number of amides is 2. The number of ether oxygens (including phenoxy) is 3. The molecule has 0 bridgehead atoms. The third-order valence-electron chi connectivity index (χ3n) is 11.6. The minimum absolute atomic E-state index is 0.0151. The van der Waals surface area contributed by atoms with Crippen LogP contribution in [0.15, 0.2) is 60.7 Å². The monoisotopic (exact) mass is 905 g/mol. The number of nitrogens with one attached hydrogen (secondary N) is 1. The molecular formula is C48H82F2N8O6. The van der Waals surface area contributed by atoms with E-state index in [1.54, 1.807) is 9.80 Å². The first-order chi connectivity index (χ1) is 30.3. The Hall–Kier alpha value is -3.48. The second-order valence-corrected chi connectivity index (χ2v) is 19.3. The van der Waals surface area contributed by atoms with Crippen LogP contribution in [0.2, 0.25) is 0 Å². The van der Waals surface area contributed by atoms with Crippen LogP contribution >= 0.6 is 0 Å². The van der Waals surface area contributed by atoms with Gasteiger partial charge < -0.3 is 34.4 Å². The van der Waals surface area contributed by atoms with E-state index >= 15 is 0 Å². The fourth-order valence-corrected chi connectivity index (χ4v) is 7.34. The summed E-state index contributed by atoms with van der Waals surface area (Å²) in [5.41, 5.74) is 1.67. The van der Waals surface area contributed by atoms with Gasteiger partial charge in [-0.2, -0.15) is 0 Å². The van der Waals surface area contributed by atoms with Crippen LogP contribution in [0.25, 0.3) is 0 Å². The number of alkyl halides is 2. The van der Waals surface area contributed by atoms with Gasteiger partial charge in [-0.25, -0.2) is 18.4 Å². The molecule has 0 aromatic heterocycles. The smallest absolute Gasteiger partial charge is 0.410 e. The Labute approximate surface area is 383 Å². The molecule has 0 aliphatic carbocycles. The SMILES string of the molecule is CN1CCN(C(=O)OC(C)(C)C)C[C@H]1CF.CN1CCN(C(=O)OC(C)(C)C)C[C@H]1CO.CN1CCN(Cc2ccccc2)C[C@H]1COCc1ccccc1.CN1CCNC[C@H]1CF. The lowest BCUT2D eigenvalue weighted by Crippen LogP contribution is -2.55. The Bertz CT molecular complexity index is 1540. The predicted molar refractivity (Wildman–Crippen MR) is 251 cm³/mol. The highest BCUT2D eigenvalue weighted by Crippen LogP contribution is 2.17. The average molecular weight is 905 g/mol. The molecule has 2 N–H and O–H groups in total. The van der Waals surface area contributed by atoms with Gasteiger partial charge in [-0.1, -0.05) is 60.7 Å². The molecule has 0 spiro atoms. The van der Waals surface area contributed by atoms with Gasteiger partial charge in [0.25, 0.3) is 0 Å². The summed E-state index contributed by atoms with van der Waals surface area (Å²) in [6, 6.07) is 21.5. The van der Waals surface area contributed by atoms with Gasteiger partial charge in [0.15, 0.2) is 0 Å². The quantitative estimate of drug-likeness (QED) is 0.357. The van der Waals surface area contributed by atoms with Crippen LogP contribution in [0.1, 0.15) is 52.7 Å². The van der Waals surface area contributed by atoms with Crippen LogP contribution in [0.3, 0.4) is 0 Å². The topological polar surface area (TPSA) is 117 Å².